The zero-order valence-corrected chi connectivity index (χ0v) is 11.3. The molecule has 2 aromatic rings. The Balaban J connectivity index is 2.15. The van der Waals surface area contributed by atoms with Crippen molar-refractivity contribution in [3.8, 4) is 6.01 Å². The van der Waals surface area contributed by atoms with E-state index in [4.69, 9.17) is 14.9 Å². The molecule has 0 aromatic carbocycles. The van der Waals surface area contributed by atoms with Gasteiger partial charge in [-0.05, 0) is 26.0 Å². The summed E-state index contributed by atoms with van der Waals surface area (Å²) >= 11 is 0. The maximum Gasteiger partial charge on any atom is 0.323 e. The van der Waals surface area contributed by atoms with Gasteiger partial charge in [0.25, 0.3) is 0 Å². The van der Waals surface area contributed by atoms with Gasteiger partial charge in [0.2, 0.25) is 11.9 Å². The van der Waals surface area contributed by atoms with E-state index in [9.17, 15) is 0 Å². The summed E-state index contributed by atoms with van der Waals surface area (Å²) in [6.45, 7) is 4.78. The van der Waals surface area contributed by atoms with Crippen molar-refractivity contribution < 1.29 is 9.15 Å². The summed E-state index contributed by atoms with van der Waals surface area (Å²) in [4.78, 5) is 14.0. The van der Waals surface area contributed by atoms with E-state index in [-0.39, 0.29) is 12.0 Å². The number of nitrogens with zero attached hydrogens (tertiary/aromatic N) is 4. The first-order valence-electron chi connectivity index (χ1n) is 5.99. The quantitative estimate of drug-likeness (QED) is 0.871. The number of nitrogens with two attached hydrogens (primary N) is 1. The molecule has 102 valence electrons. The van der Waals surface area contributed by atoms with Crippen LogP contribution in [0.25, 0.3) is 0 Å². The van der Waals surface area contributed by atoms with Crippen molar-refractivity contribution in [1.29, 1.82) is 0 Å². The van der Waals surface area contributed by atoms with Gasteiger partial charge in [-0.2, -0.15) is 15.0 Å². The van der Waals surface area contributed by atoms with Crippen LogP contribution in [0.15, 0.2) is 16.5 Å². The van der Waals surface area contributed by atoms with Crippen LogP contribution in [0, 0.1) is 6.92 Å². The Kier molecular flexibility index (Phi) is 3.84. The van der Waals surface area contributed by atoms with Gasteiger partial charge in [0, 0.05) is 7.05 Å². The van der Waals surface area contributed by atoms with Gasteiger partial charge in [-0.3, -0.25) is 0 Å². The maximum absolute atomic E-state index is 5.63. The first-order valence-corrected chi connectivity index (χ1v) is 5.99. The largest absolute Gasteiger partial charge is 0.464 e. The summed E-state index contributed by atoms with van der Waals surface area (Å²) in [7, 11) is 1.85. The van der Waals surface area contributed by atoms with E-state index in [0.717, 1.165) is 11.5 Å². The zero-order chi connectivity index (χ0) is 13.8. The summed E-state index contributed by atoms with van der Waals surface area (Å²) in [5.41, 5.74) is 5.63. The molecular weight excluding hydrogens is 246 g/mol. The summed E-state index contributed by atoms with van der Waals surface area (Å²) < 4.78 is 10.7. The average molecular weight is 263 g/mol. The molecular formula is C12H17N5O2. The van der Waals surface area contributed by atoms with Gasteiger partial charge in [-0.1, -0.05) is 0 Å². The fraction of sp³-hybridized carbons (Fsp3) is 0.417. The SMILES string of the molecule is CCOc1nc(N)nc(N(C)Cc2ccc(C)o2)n1. The van der Waals surface area contributed by atoms with Crippen molar-refractivity contribution in [3.63, 3.8) is 0 Å². The van der Waals surface area contributed by atoms with Crippen LogP contribution < -0.4 is 15.4 Å². The minimum atomic E-state index is 0.135. The lowest BCUT2D eigenvalue weighted by Gasteiger charge is -2.16. The second kappa shape index (κ2) is 5.55. The highest BCUT2D eigenvalue weighted by molar-refractivity contribution is 5.35. The third-order valence-corrected chi connectivity index (χ3v) is 2.42. The van der Waals surface area contributed by atoms with Crippen LogP contribution in [-0.4, -0.2) is 28.6 Å². The van der Waals surface area contributed by atoms with Crippen molar-refractivity contribution in [3.05, 3.63) is 23.7 Å². The first kappa shape index (κ1) is 13.1. The summed E-state index contributed by atoms with van der Waals surface area (Å²) in [5.74, 6) is 2.28. The molecule has 2 N–H and O–H groups in total. The molecule has 0 amide bonds. The predicted octanol–water partition coefficient (Wildman–Crippen LogP) is 1.39. The Morgan fingerprint density at radius 1 is 1.32 bits per heavy atom. The third kappa shape index (κ3) is 3.34. The number of ether oxygens (including phenoxy) is 1. The minimum Gasteiger partial charge on any atom is -0.464 e. The molecule has 0 spiro atoms. The number of furan rings is 1. The molecule has 0 bridgehead atoms. The summed E-state index contributed by atoms with van der Waals surface area (Å²) in [6, 6.07) is 4.06. The Morgan fingerprint density at radius 2 is 2.11 bits per heavy atom. The number of aromatic nitrogens is 3. The molecule has 2 heterocycles. The van der Waals surface area contributed by atoms with Crippen LogP contribution >= 0.6 is 0 Å². The molecule has 0 aliphatic rings. The van der Waals surface area contributed by atoms with E-state index in [1.807, 2.05) is 37.9 Å². The maximum atomic E-state index is 5.63. The molecule has 2 aromatic heterocycles. The fourth-order valence-corrected chi connectivity index (χ4v) is 1.60. The van der Waals surface area contributed by atoms with Crippen LogP contribution in [0.3, 0.4) is 0 Å². The topological polar surface area (TPSA) is 90.3 Å². The Morgan fingerprint density at radius 3 is 2.74 bits per heavy atom. The highest BCUT2D eigenvalue weighted by atomic mass is 16.5. The van der Waals surface area contributed by atoms with Gasteiger partial charge in [0.1, 0.15) is 11.5 Å². The predicted molar refractivity (Wildman–Crippen MR) is 71.0 cm³/mol. The molecule has 0 radical (unpaired) electrons. The van der Waals surface area contributed by atoms with Crippen LogP contribution in [0.5, 0.6) is 6.01 Å². The van der Waals surface area contributed by atoms with Crippen molar-refractivity contribution in [1.82, 2.24) is 15.0 Å². The lowest BCUT2D eigenvalue weighted by molar-refractivity contribution is 0.312. The van der Waals surface area contributed by atoms with Crippen LogP contribution in [0.1, 0.15) is 18.4 Å². The summed E-state index contributed by atoms with van der Waals surface area (Å²) in [5, 5.41) is 0. The highest BCUT2D eigenvalue weighted by Gasteiger charge is 2.11. The molecule has 7 nitrogen and oxygen atoms in total. The standard InChI is InChI=1S/C12H17N5O2/c1-4-18-12-15-10(13)14-11(16-12)17(3)7-9-6-5-8(2)19-9/h5-6H,4,7H2,1-3H3,(H2,13,14,15,16). The third-order valence-electron chi connectivity index (χ3n) is 2.42. The van der Waals surface area contributed by atoms with E-state index >= 15 is 0 Å². The smallest absolute Gasteiger partial charge is 0.323 e. The molecule has 0 aliphatic carbocycles. The highest BCUT2D eigenvalue weighted by Crippen LogP contribution is 2.16. The number of anilines is 2. The van der Waals surface area contributed by atoms with E-state index < -0.39 is 0 Å². The zero-order valence-electron chi connectivity index (χ0n) is 11.3. The average Bonchev–Trinajstić information content (AvgIpc) is 2.74. The number of hydrogen-bond donors (Lipinski definition) is 1. The van der Waals surface area contributed by atoms with Crippen LogP contribution in [0.2, 0.25) is 0 Å². The second-order valence-electron chi connectivity index (χ2n) is 4.08. The number of hydrogen-bond acceptors (Lipinski definition) is 7. The van der Waals surface area contributed by atoms with Gasteiger partial charge in [-0.15, -0.1) is 0 Å². The Bertz CT molecular complexity index is 555. The van der Waals surface area contributed by atoms with Crippen molar-refractivity contribution >= 4 is 11.9 Å². The minimum absolute atomic E-state index is 0.135. The van der Waals surface area contributed by atoms with Crippen molar-refractivity contribution in [2.24, 2.45) is 0 Å². The molecule has 0 atom stereocenters. The van der Waals surface area contributed by atoms with E-state index in [1.165, 1.54) is 0 Å². The molecule has 2 rings (SSSR count). The fourth-order valence-electron chi connectivity index (χ4n) is 1.60. The molecule has 0 unspecified atom stereocenters. The lowest BCUT2D eigenvalue weighted by Crippen LogP contribution is -2.20. The Hall–Kier alpha value is -2.31. The molecule has 0 saturated carbocycles. The van der Waals surface area contributed by atoms with Gasteiger partial charge < -0.3 is 19.8 Å². The van der Waals surface area contributed by atoms with E-state index in [2.05, 4.69) is 15.0 Å². The molecule has 19 heavy (non-hydrogen) atoms. The number of aryl methyl sites for hydroxylation is 1. The first-order chi connectivity index (χ1) is 9.08. The van der Waals surface area contributed by atoms with Crippen molar-refractivity contribution in [2.75, 3.05) is 24.3 Å². The monoisotopic (exact) mass is 263 g/mol. The van der Waals surface area contributed by atoms with Gasteiger partial charge >= 0.3 is 6.01 Å². The van der Waals surface area contributed by atoms with Gasteiger partial charge in [-0.25, -0.2) is 0 Å². The molecule has 0 aliphatic heterocycles. The van der Waals surface area contributed by atoms with Crippen LogP contribution in [0.4, 0.5) is 11.9 Å². The van der Waals surface area contributed by atoms with Gasteiger partial charge in [0.15, 0.2) is 0 Å². The van der Waals surface area contributed by atoms with Crippen molar-refractivity contribution in [2.45, 2.75) is 20.4 Å². The second-order valence-corrected chi connectivity index (χ2v) is 4.08. The normalized spacial score (nSPS) is 10.5. The van der Waals surface area contributed by atoms with E-state index in [0.29, 0.717) is 19.1 Å². The number of nitrogen functional groups attached to an aromatic ring is 1. The molecule has 7 heteroatoms. The molecule has 0 saturated heterocycles. The lowest BCUT2D eigenvalue weighted by atomic mass is 10.4. The van der Waals surface area contributed by atoms with Gasteiger partial charge in [0.05, 0.1) is 13.2 Å². The van der Waals surface area contributed by atoms with Crippen LogP contribution in [-0.2, 0) is 6.54 Å². The number of rotatable bonds is 5. The molecule has 0 fully saturated rings. The van der Waals surface area contributed by atoms with E-state index in [1.54, 1.807) is 0 Å². The summed E-state index contributed by atoms with van der Waals surface area (Å²) in [6.07, 6.45) is 0. The Labute approximate surface area is 111 Å².